The Morgan fingerprint density at radius 2 is 1.74 bits per heavy atom. The second-order valence-electron chi connectivity index (χ2n) is 8.82. The van der Waals surface area contributed by atoms with Gasteiger partial charge in [-0.05, 0) is 43.2 Å². The predicted molar refractivity (Wildman–Crippen MR) is 136 cm³/mol. The molecule has 0 saturated carbocycles. The summed E-state index contributed by atoms with van der Waals surface area (Å²) >= 11 is 0. The van der Waals surface area contributed by atoms with Crippen LogP contribution >= 0.6 is 0 Å². The lowest BCUT2D eigenvalue weighted by Crippen LogP contribution is -2.49. The predicted octanol–water partition coefficient (Wildman–Crippen LogP) is 2.15. The summed E-state index contributed by atoms with van der Waals surface area (Å²) in [4.78, 5) is 48.9. The molecular formula is C24H30N6O4S. The van der Waals surface area contributed by atoms with Crippen LogP contribution in [-0.2, 0) is 15.8 Å². The fraction of sp³-hybridized carbons (Fsp3) is 0.417. The summed E-state index contributed by atoms with van der Waals surface area (Å²) in [6, 6.07) is 6.68. The smallest absolute Gasteiger partial charge is 0.331 e. The summed E-state index contributed by atoms with van der Waals surface area (Å²) in [6.07, 6.45) is 3.33. The number of imide groups is 1. The van der Waals surface area contributed by atoms with Gasteiger partial charge in [-0.2, -0.15) is 0 Å². The molecule has 0 spiro atoms. The Labute approximate surface area is 207 Å². The molecule has 2 fully saturated rings. The van der Waals surface area contributed by atoms with Gasteiger partial charge < -0.3 is 14.5 Å². The Hall–Kier alpha value is -3.47. The minimum Gasteiger partial charge on any atom is -0.353 e. The molecule has 2 aromatic rings. The van der Waals surface area contributed by atoms with Gasteiger partial charge in [0.1, 0.15) is 16.8 Å². The molecule has 4 amide bonds. The molecule has 1 N–H and O–H groups in total. The van der Waals surface area contributed by atoms with Crippen molar-refractivity contribution in [2.45, 2.75) is 20.8 Å². The summed E-state index contributed by atoms with van der Waals surface area (Å²) in [6.45, 7) is 8.44. The van der Waals surface area contributed by atoms with E-state index >= 15 is 0 Å². The number of pyridine rings is 1. The van der Waals surface area contributed by atoms with Gasteiger partial charge >= 0.3 is 6.03 Å². The molecule has 2 saturated heterocycles. The third-order valence-corrected chi connectivity index (χ3v) is 6.75. The van der Waals surface area contributed by atoms with Crippen molar-refractivity contribution in [2.24, 2.45) is 0 Å². The molecule has 0 unspecified atom stereocenters. The van der Waals surface area contributed by atoms with E-state index in [0.717, 1.165) is 16.9 Å². The molecule has 4 rings (SSSR count). The number of carbonyl (C=O) groups is 3. The zero-order chi connectivity index (χ0) is 25.3. The highest BCUT2D eigenvalue weighted by Gasteiger charge is 2.33. The molecule has 0 bridgehead atoms. The van der Waals surface area contributed by atoms with Gasteiger partial charge in [-0.25, -0.2) is 14.0 Å². The molecule has 0 radical (unpaired) electrons. The summed E-state index contributed by atoms with van der Waals surface area (Å²) in [7, 11) is -1.42. The fourth-order valence-corrected chi connectivity index (χ4v) is 5.00. The molecule has 0 aliphatic carbocycles. The molecule has 186 valence electrons. The van der Waals surface area contributed by atoms with Crippen LogP contribution in [0.1, 0.15) is 28.4 Å². The molecule has 2 aliphatic heterocycles. The Morgan fingerprint density at radius 1 is 1.03 bits per heavy atom. The number of aryl methyl sites for hydroxylation is 2. The topological polar surface area (TPSA) is 106 Å². The number of nitrogens with one attached hydrogen (secondary N) is 1. The van der Waals surface area contributed by atoms with Crippen molar-refractivity contribution in [1.82, 2.24) is 14.8 Å². The Bertz CT molecular complexity index is 1190. The van der Waals surface area contributed by atoms with E-state index in [1.54, 1.807) is 23.1 Å². The average molecular weight is 499 g/mol. The van der Waals surface area contributed by atoms with Crippen molar-refractivity contribution in [1.29, 1.82) is 0 Å². The van der Waals surface area contributed by atoms with Gasteiger partial charge in [-0.3, -0.25) is 19.4 Å². The number of amides is 4. The normalized spacial score (nSPS) is 17.1. The highest BCUT2D eigenvalue weighted by molar-refractivity contribution is 7.85. The highest BCUT2D eigenvalue weighted by atomic mass is 32.2. The average Bonchev–Trinajstić information content (AvgIpc) is 3.20. The second-order valence-corrected chi connectivity index (χ2v) is 9.94. The minimum absolute atomic E-state index is 0.171. The van der Waals surface area contributed by atoms with Crippen LogP contribution in [0, 0.1) is 13.8 Å². The first kappa shape index (κ1) is 24.6. The Balaban J connectivity index is 1.52. The van der Waals surface area contributed by atoms with Crippen molar-refractivity contribution >= 4 is 46.0 Å². The van der Waals surface area contributed by atoms with Crippen LogP contribution in [0.25, 0.3) is 0 Å². The molecule has 10 nitrogen and oxygen atoms in total. The maximum absolute atomic E-state index is 13.4. The minimum atomic E-state index is -1.42. The molecule has 1 aromatic carbocycles. The van der Waals surface area contributed by atoms with Crippen molar-refractivity contribution in [3.8, 4) is 0 Å². The molecule has 2 aliphatic rings. The van der Waals surface area contributed by atoms with Gasteiger partial charge in [0, 0.05) is 64.3 Å². The lowest BCUT2D eigenvalue weighted by molar-refractivity contribution is -0.125. The summed E-state index contributed by atoms with van der Waals surface area (Å²) in [5.74, 6) is 0.453. The van der Waals surface area contributed by atoms with Crippen molar-refractivity contribution in [3.63, 3.8) is 0 Å². The number of benzene rings is 1. The maximum atomic E-state index is 13.4. The fourth-order valence-electron chi connectivity index (χ4n) is 4.53. The molecular weight excluding hydrogens is 468 g/mol. The van der Waals surface area contributed by atoms with E-state index < -0.39 is 17.0 Å². The van der Waals surface area contributed by atoms with Crippen molar-refractivity contribution in [3.05, 3.63) is 47.2 Å². The van der Waals surface area contributed by atoms with Gasteiger partial charge in [-0.15, -0.1) is 0 Å². The molecule has 1 aromatic heterocycles. The van der Waals surface area contributed by atoms with E-state index in [0.29, 0.717) is 56.2 Å². The summed E-state index contributed by atoms with van der Waals surface area (Å²) in [5, 5.41) is 0. The quantitative estimate of drug-likeness (QED) is 0.677. The van der Waals surface area contributed by atoms with E-state index in [-0.39, 0.29) is 11.8 Å². The molecule has 1 atom stereocenters. The van der Waals surface area contributed by atoms with Crippen LogP contribution in [0.4, 0.5) is 22.0 Å². The van der Waals surface area contributed by atoms with Crippen molar-refractivity contribution < 1.29 is 18.6 Å². The monoisotopic (exact) mass is 498 g/mol. The number of aromatic nitrogens is 1. The van der Waals surface area contributed by atoms with Crippen LogP contribution in [0.3, 0.4) is 0 Å². The van der Waals surface area contributed by atoms with E-state index in [4.69, 9.17) is 0 Å². The number of hydrogen-bond donors (Lipinski definition) is 1. The van der Waals surface area contributed by atoms with Crippen LogP contribution in [0.5, 0.6) is 0 Å². The van der Waals surface area contributed by atoms with Crippen LogP contribution in [-0.4, -0.2) is 82.4 Å². The summed E-state index contributed by atoms with van der Waals surface area (Å²) < 4.78 is 14.8. The summed E-state index contributed by atoms with van der Waals surface area (Å²) in [5.41, 5.74) is 3.53. The third kappa shape index (κ3) is 5.14. The number of anilines is 3. The van der Waals surface area contributed by atoms with Gasteiger partial charge in [0.15, 0.2) is 0 Å². The van der Waals surface area contributed by atoms with E-state index in [1.165, 1.54) is 23.0 Å². The Kier molecular flexibility index (Phi) is 7.06. The van der Waals surface area contributed by atoms with Gasteiger partial charge in [0.25, 0.3) is 5.91 Å². The number of urea groups is 1. The van der Waals surface area contributed by atoms with E-state index in [1.807, 2.05) is 20.0 Å². The number of nitrogens with zero attached hydrogens (tertiary/aromatic N) is 5. The van der Waals surface area contributed by atoms with Gasteiger partial charge in [-0.1, -0.05) is 6.07 Å². The Morgan fingerprint density at radius 3 is 2.34 bits per heavy atom. The molecule has 35 heavy (non-hydrogen) atoms. The lowest BCUT2D eigenvalue weighted by Gasteiger charge is -2.36. The molecule has 3 heterocycles. The SMILES string of the molecule is CC(=O)N1CCN(c2ccc(C(=O)N3CCN(c4ncc(C)cc4C)CC3)c(N[S@@](C)=O)c2)C1=O. The second kappa shape index (κ2) is 10.0. The number of piperazine rings is 1. The first-order chi connectivity index (χ1) is 16.7. The number of hydrogen-bond acceptors (Lipinski definition) is 6. The van der Waals surface area contributed by atoms with Gasteiger partial charge in [0.2, 0.25) is 5.91 Å². The van der Waals surface area contributed by atoms with Crippen LogP contribution in [0.15, 0.2) is 30.5 Å². The zero-order valence-electron chi connectivity index (χ0n) is 20.4. The zero-order valence-corrected chi connectivity index (χ0v) is 21.2. The highest BCUT2D eigenvalue weighted by Crippen LogP contribution is 2.29. The first-order valence-electron chi connectivity index (χ1n) is 11.5. The number of carbonyl (C=O) groups excluding carboxylic acids is 3. The largest absolute Gasteiger partial charge is 0.353 e. The third-order valence-electron chi connectivity index (χ3n) is 6.24. The van der Waals surface area contributed by atoms with Crippen LogP contribution in [0.2, 0.25) is 0 Å². The van der Waals surface area contributed by atoms with Crippen molar-refractivity contribution in [2.75, 3.05) is 60.0 Å². The lowest BCUT2D eigenvalue weighted by atomic mass is 10.1. The first-order valence-corrected chi connectivity index (χ1v) is 13.0. The van der Waals surface area contributed by atoms with Gasteiger partial charge in [0.05, 0.1) is 11.3 Å². The van der Waals surface area contributed by atoms with E-state index in [2.05, 4.69) is 20.7 Å². The molecule has 11 heteroatoms. The van der Waals surface area contributed by atoms with Crippen LogP contribution < -0.4 is 14.5 Å². The number of rotatable bonds is 5. The van der Waals surface area contributed by atoms with E-state index in [9.17, 15) is 18.6 Å². The maximum Gasteiger partial charge on any atom is 0.331 e. The standard InChI is InChI=1S/C24H30N6O4S/c1-16-13-17(2)22(25-15-16)27-7-9-28(10-8-27)23(32)20-6-5-19(14-21(20)26-35(4)34)30-12-11-29(18(3)31)24(30)33/h5-6,13-15,26H,7-12H2,1-4H3/t35-/m1/s1.